The van der Waals surface area contributed by atoms with E-state index < -0.39 is 8.32 Å². The van der Waals surface area contributed by atoms with Crippen molar-refractivity contribution in [2.24, 2.45) is 0 Å². The van der Waals surface area contributed by atoms with Gasteiger partial charge in [-0.2, -0.15) is 0 Å². The average Bonchev–Trinajstić information content (AvgIpc) is 2.83. The summed E-state index contributed by atoms with van der Waals surface area (Å²) in [7, 11) is -1.90. The van der Waals surface area contributed by atoms with Crippen LogP contribution >= 0.6 is 0 Å². The number of rotatable bonds is 5. The SMILES string of the molecule is C#CCn1c(C(C=C)O[Si](C)(C)C(C)(C)C)cc2ccccc21. The van der Waals surface area contributed by atoms with Crippen LogP contribution in [-0.4, -0.2) is 12.9 Å². The van der Waals surface area contributed by atoms with E-state index in [1.54, 1.807) is 0 Å². The van der Waals surface area contributed by atoms with Crippen molar-refractivity contribution in [3.8, 4) is 12.3 Å². The Kier molecular flexibility index (Phi) is 4.89. The molecule has 0 aliphatic heterocycles. The molecule has 0 saturated heterocycles. The van der Waals surface area contributed by atoms with Crippen molar-refractivity contribution in [3.63, 3.8) is 0 Å². The molecule has 0 amide bonds. The minimum atomic E-state index is -1.90. The highest BCUT2D eigenvalue weighted by Crippen LogP contribution is 2.40. The van der Waals surface area contributed by atoms with Crippen LogP contribution in [0.4, 0.5) is 0 Å². The Morgan fingerprint density at radius 1 is 1.35 bits per heavy atom. The van der Waals surface area contributed by atoms with Gasteiger partial charge in [0.15, 0.2) is 8.32 Å². The number of aromatic nitrogens is 1. The first-order chi connectivity index (χ1) is 10.7. The second-order valence-electron chi connectivity index (χ2n) is 7.45. The van der Waals surface area contributed by atoms with E-state index in [4.69, 9.17) is 10.8 Å². The fourth-order valence-electron chi connectivity index (χ4n) is 2.46. The minimum Gasteiger partial charge on any atom is -0.405 e. The van der Waals surface area contributed by atoms with E-state index in [0.29, 0.717) is 6.54 Å². The predicted octanol–water partition coefficient (Wildman–Crippen LogP) is 5.52. The molecule has 2 aromatic rings. The van der Waals surface area contributed by atoms with Crippen molar-refractivity contribution in [2.75, 3.05) is 0 Å². The first-order valence-corrected chi connectivity index (χ1v) is 10.9. The smallest absolute Gasteiger partial charge is 0.193 e. The molecule has 0 spiro atoms. The summed E-state index contributed by atoms with van der Waals surface area (Å²) in [5.41, 5.74) is 2.23. The number of fused-ring (bicyclic) bond motifs is 1. The fourth-order valence-corrected chi connectivity index (χ4v) is 3.66. The van der Waals surface area contributed by atoms with Gasteiger partial charge in [0.05, 0.1) is 12.2 Å². The second-order valence-corrected chi connectivity index (χ2v) is 12.2. The molecular formula is C20H27NOSi. The third-order valence-electron chi connectivity index (χ3n) is 4.83. The molecule has 0 radical (unpaired) electrons. The number of hydrogen-bond donors (Lipinski definition) is 0. The number of para-hydroxylation sites is 1. The molecule has 0 aliphatic carbocycles. The summed E-state index contributed by atoms with van der Waals surface area (Å²) in [5.74, 6) is 2.76. The number of terminal acetylenes is 1. The minimum absolute atomic E-state index is 0.142. The zero-order valence-corrected chi connectivity index (χ0v) is 15.9. The molecule has 0 bridgehead atoms. The van der Waals surface area contributed by atoms with Crippen LogP contribution in [0.3, 0.4) is 0 Å². The average molecular weight is 326 g/mol. The molecule has 2 rings (SSSR count). The molecule has 1 aromatic carbocycles. The second kappa shape index (κ2) is 6.39. The van der Waals surface area contributed by atoms with E-state index in [1.165, 1.54) is 5.39 Å². The van der Waals surface area contributed by atoms with Crippen molar-refractivity contribution in [1.82, 2.24) is 4.57 Å². The summed E-state index contributed by atoms with van der Waals surface area (Å²) >= 11 is 0. The quantitative estimate of drug-likeness (QED) is 0.401. The van der Waals surface area contributed by atoms with Gasteiger partial charge in [-0.05, 0) is 35.7 Å². The zero-order chi connectivity index (χ0) is 17.3. The van der Waals surface area contributed by atoms with Crippen molar-refractivity contribution < 1.29 is 4.43 Å². The van der Waals surface area contributed by atoms with Gasteiger partial charge >= 0.3 is 0 Å². The van der Waals surface area contributed by atoms with E-state index in [2.05, 4.69) is 69.1 Å². The van der Waals surface area contributed by atoms with Crippen LogP contribution in [-0.2, 0) is 11.0 Å². The largest absolute Gasteiger partial charge is 0.405 e. The maximum absolute atomic E-state index is 6.59. The van der Waals surface area contributed by atoms with Gasteiger partial charge in [-0.25, -0.2) is 0 Å². The summed E-state index contributed by atoms with van der Waals surface area (Å²) in [6.45, 7) is 15.8. The molecule has 122 valence electrons. The highest BCUT2D eigenvalue weighted by Gasteiger charge is 2.39. The third kappa shape index (κ3) is 3.44. The molecule has 23 heavy (non-hydrogen) atoms. The van der Waals surface area contributed by atoms with Gasteiger partial charge in [0.2, 0.25) is 0 Å². The van der Waals surface area contributed by atoms with Crippen molar-refractivity contribution in [2.45, 2.75) is 51.6 Å². The summed E-state index contributed by atoms with van der Waals surface area (Å²) < 4.78 is 8.75. The lowest BCUT2D eigenvalue weighted by atomic mass is 10.2. The van der Waals surface area contributed by atoms with Crippen LogP contribution in [0.2, 0.25) is 18.1 Å². The first-order valence-electron chi connectivity index (χ1n) is 8.03. The van der Waals surface area contributed by atoms with E-state index in [0.717, 1.165) is 11.2 Å². The Labute approximate surface area is 141 Å². The summed E-state index contributed by atoms with van der Waals surface area (Å²) in [6.07, 6.45) is 7.34. The highest BCUT2D eigenvalue weighted by atomic mass is 28.4. The van der Waals surface area contributed by atoms with Crippen molar-refractivity contribution in [1.29, 1.82) is 0 Å². The Bertz CT molecular complexity index is 743. The van der Waals surface area contributed by atoms with Crippen LogP contribution < -0.4 is 0 Å². The number of benzene rings is 1. The van der Waals surface area contributed by atoms with Gasteiger partial charge in [-0.3, -0.25) is 0 Å². The zero-order valence-electron chi connectivity index (χ0n) is 14.9. The van der Waals surface area contributed by atoms with Gasteiger partial charge in [0.1, 0.15) is 6.10 Å². The summed E-state index contributed by atoms with van der Waals surface area (Å²) in [5, 5.41) is 1.33. The molecule has 1 aromatic heterocycles. The molecule has 0 aliphatic rings. The van der Waals surface area contributed by atoms with Crippen LogP contribution in [0.5, 0.6) is 0 Å². The number of hydrogen-bond acceptors (Lipinski definition) is 1. The molecule has 1 heterocycles. The first kappa shape index (κ1) is 17.6. The Hall–Kier alpha value is -1.76. The standard InChI is InChI=1S/C20H27NOSi/c1-8-14-21-17-13-11-10-12-16(17)15-18(21)19(9-2)22-23(6,7)20(3,4)5/h1,9-13,15,19H,2,14H2,3-7H3. The van der Waals surface area contributed by atoms with E-state index >= 15 is 0 Å². The molecular weight excluding hydrogens is 298 g/mol. The molecule has 3 heteroatoms. The lowest BCUT2D eigenvalue weighted by molar-refractivity contribution is 0.222. The Morgan fingerprint density at radius 3 is 2.57 bits per heavy atom. The monoisotopic (exact) mass is 325 g/mol. The topological polar surface area (TPSA) is 14.2 Å². The van der Waals surface area contributed by atoms with Crippen LogP contribution in [0.1, 0.15) is 32.6 Å². The van der Waals surface area contributed by atoms with E-state index in [9.17, 15) is 0 Å². The molecule has 0 N–H and O–H groups in total. The van der Waals surface area contributed by atoms with Gasteiger partial charge < -0.3 is 8.99 Å². The lowest BCUT2D eigenvalue weighted by Crippen LogP contribution is -2.41. The van der Waals surface area contributed by atoms with Gasteiger partial charge in [0, 0.05) is 5.52 Å². The predicted molar refractivity (Wildman–Crippen MR) is 102 cm³/mol. The van der Waals surface area contributed by atoms with Crippen LogP contribution in [0.25, 0.3) is 10.9 Å². The molecule has 1 atom stereocenters. The molecule has 1 unspecified atom stereocenters. The van der Waals surface area contributed by atoms with Crippen LogP contribution in [0.15, 0.2) is 43.0 Å². The summed E-state index contributed by atoms with van der Waals surface area (Å²) in [6, 6.07) is 10.5. The van der Waals surface area contributed by atoms with Gasteiger partial charge in [-0.1, -0.05) is 51.0 Å². The molecule has 2 nitrogen and oxygen atoms in total. The van der Waals surface area contributed by atoms with Crippen LogP contribution in [0, 0.1) is 12.3 Å². The van der Waals surface area contributed by atoms with E-state index in [1.807, 2.05) is 18.2 Å². The normalized spacial score (nSPS) is 13.7. The maximum Gasteiger partial charge on any atom is 0.193 e. The van der Waals surface area contributed by atoms with Crippen molar-refractivity contribution in [3.05, 3.63) is 48.7 Å². The number of nitrogens with zero attached hydrogens (tertiary/aromatic N) is 1. The Morgan fingerprint density at radius 2 is 2.00 bits per heavy atom. The highest BCUT2D eigenvalue weighted by molar-refractivity contribution is 6.74. The maximum atomic E-state index is 6.59. The van der Waals surface area contributed by atoms with Gasteiger partial charge in [0.25, 0.3) is 0 Å². The van der Waals surface area contributed by atoms with E-state index in [-0.39, 0.29) is 11.1 Å². The molecule has 0 fully saturated rings. The summed E-state index contributed by atoms with van der Waals surface area (Å²) in [4.78, 5) is 0. The van der Waals surface area contributed by atoms with Gasteiger partial charge in [-0.15, -0.1) is 13.0 Å². The van der Waals surface area contributed by atoms with Crippen molar-refractivity contribution >= 4 is 19.2 Å². The lowest BCUT2D eigenvalue weighted by Gasteiger charge is -2.38. The fraction of sp³-hybridized carbons (Fsp3) is 0.400. The molecule has 0 saturated carbocycles. The Balaban J connectivity index is 2.50. The third-order valence-corrected chi connectivity index (χ3v) is 9.28.